The average Bonchev–Trinajstić information content (AvgIpc) is 3.31. The summed E-state index contributed by atoms with van der Waals surface area (Å²) in [5.74, 6) is 1.26. The predicted octanol–water partition coefficient (Wildman–Crippen LogP) is 2.83. The second kappa shape index (κ2) is 7.47. The van der Waals surface area contributed by atoms with Gasteiger partial charge in [-0.25, -0.2) is 4.79 Å². The molecule has 0 bridgehead atoms. The molecular formula is C19H17ClN2O6. The van der Waals surface area contributed by atoms with E-state index in [4.69, 9.17) is 30.5 Å². The van der Waals surface area contributed by atoms with E-state index in [-0.39, 0.29) is 19.2 Å². The molecule has 2 aromatic carbocycles. The highest BCUT2D eigenvalue weighted by molar-refractivity contribution is 6.31. The summed E-state index contributed by atoms with van der Waals surface area (Å²) in [7, 11) is 1.47. The molecule has 2 heterocycles. The Morgan fingerprint density at radius 1 is 1.25 bits per heavy atom. The maximum Gasteiger partial charge on any atom is 0.414 e. The molecule has 146 valence electrons. The number of ether oxygens (including phenoxy) is 4. The lowest BCUT2D eigenvalue weighted by Gasteiger charge is -2.14. The van der Waals surface area contributed by atoms with Crippen molar-refractivity contribution >= 4 is 29.3 Å². The van der Waals surface area contributed by atoms with Gasteiger partial charge in [0, 0.05) is 11.1 Å². The molecule has 1 atom stereocenters. The van der Waals surface area contributed by atoms with Gasteiger partial charge in [-0.1, -0.05) is 11.6 Å². The Balaban J connectivity index is 1.40. The smallest absolute Gasteiger partial charge is 0.414 e. The van der Waals surface area contributed by atoms with Gasteiger partial charge in [-0.2, -0.15) is 0 Å². The van der Waals surface area contributed by atoms with Crippen LogP contribution < -0.4 is 24.4 Å². The lowest BCUT2D eigenvalue weighted by atomic mass is 10.2. The molecule has 0 aliphatic carbocycles. The van der Waals surface area contributed by atoms with Gasteiger partial charge in [0.1, 0.15) is 11.9 Å². The van der Waals surface area contributed by atoms with Crippen molar-refractivity contribution in [3.8, 4) is 17.2 Å². The quantitative estimate of drug-likeness (QED) is 0.824. The largest absolute Gasteiger partial charge is 0.496 e. The fraction of sp³-hybridized carbons (Fsp3) is 0.263. The van der Waals surface area contributed by atoms with Crippen LogP contribution in [0.4, 0.5) is 10.5 Å². The van der Waals surface area contributed by atoms with E-state index in [0.717, 1.165) is 0 Å². The number of benzene rings is 2. The van der Waals surface area contributed by atoms with Crippen molar-refractivity contribution in [2.75, 3.05) is 31.9 Å². The third kappa shape index (κ3) is 3.50. The number of anilines is 1. The molecule has 0 spiro atoms. The van der Waals surface area contributed by atoms with Crippen molar-refractivity contribution in [1.82, 2.24) is 5.32 Å². The first-order valence-corrected chi connectivity index (χ1v) is 8.92. The maximum atomic E-state index is 12.5. The Morgan fingerprint density at radius 2 is 2.07 bits per heavy atom. The summed E-state index contributed by atoms with van der Waals surface area (Å²) in [6.07, 6.45) is -0.981. The van der Waals surface area contributed by atoms with E-state index in [1.54, 1.807) is 30.3 Å². The van der Waals surface area contributed by atoms with Crippen LogP contribution in [0, 0.1) is 0 Å². The van der Waals surface area contributed by atoms with Crippen LogP contribution >= 0.6 is 11.6 Å². The number of rotatable bonds is 5. The summed E-state index contributed by atoms with van der Waals surface area (Å²) in [5.41, 5.74) is 0.950. The molecule has 2 aliphatic heterocycles. The number of carbonyl (C=O) groups is 2. The summed E-state index contributed by atoms with van der Waals surface area (Å²) in [5, 5.41) is 3.17. The standard InChI is InChI=1S/C19H17ClN2O6/c1-25-15-4-2-11(20)6-14(15)18(23)21-8-13-9-22(19(24)28-13)12-3-5-16-17(7-12)27-10-26-16/h2-7,13H,8-10H2,1H3,(H,21,23). The van der Waals surface area contributed by atoms with E-state index in [2.05, 4.69) is 5.32 Å². The topological polar surface area (TPSA) is 86.3 Å². The van der Waals surface area contributed by atoms with Gasteiger partial charge < -0.3 is 24.3 Å². The zero-order valence-corrected chi connectivity index (χ0v) is 15.7. The molecule has 1 saturated heterocycles. The summed E-state index contributed by atoms with van der Waals surface area (Å²) >= 11 is 5.96. The molecule has 2 aliphatic rings. The first kappa shape index (κ1) is 18.2. The molecule has 4 rings (SSSR count). The van der Waals surface area contributed by atoms with Crippen molar-refractivity contribution in [1.29, 1.82) is 0 Å². The molecule has 1 unspecified atom stereocenters. The number of hydrogen-bond acceptors (Lipinski definition) is 6. The van der Waals surface area contributed by atoms with E-state index in [1.165, 1.54) is 18.1 Å². The number of nitrogens with one attached hydrogen (secondary N) is 1. The number of halogens is 1. The predicted molar refractivity (Wildman–Crippen MR) is 101 cm³/mol. The number of nitrogens with zero attached hydrogens (tertiary/aromatic N) is 1. The highest BCUT2D eigenvalue weighted by Crippen LogP contribution is 2.36. The van der Waals surface area contributed by atoms with Crippen LogP contribution in [0.25, 0.3) is 0 Å². The molecule has 8 nitrogen and oxygen atoms in total. The molecule has 0 saturated carbocycles. The summed E-state index contributed by atoms with van der Waals surface area (Å²) in [6.45, 7) is 0.609. The van der Waals surface area contributed by atoms with Gasteiger partial charge in [-0.15, -0.1) is 0 Å². The number of carbonyl (C=O) groups excluding carboxylic acids is 2. The van der Waals surface area contributed by atoms with E-state index in [1.807, 2.05) is 0 Å². The molecule has 9 heteroatoms. The second-order valence-corrected chi connectivity index (χ2v) is 6.65. The number of fused-ring (bicyclic) bond motifs is 1. The Morgan fingerprint density at radius 3 is 2.89 bits per heavy atom. The van der Waals surface area contributed by atoms with Gasteiger partial charge in [-0.3, -0.25) is 9.69 Å². The van der Waals surface area contributed by atoms with Crippen molar-refractivity contribution in [2.24, 2.45) is 0 Å². The lowest BCUT2D eigenvalue weighted by Crippen LogP contribution is -2.34. The summed E-state index contributed by atoms with van der Waals surface area (Å²) in [6, 6.07) is 10.0. The minimum Gasteiger partial charge on any atom is -0.496 e. The Hall–Kier alpha value is -3.13. The van der Waals surface area contributed by atoms with Crippen molar-refractivity contribution < 1.29 is 28.5 Å². The minimum atomic E-state index is -0.493. The average molecular weight is 405 g/mol. The van der Waals surface area contributed by atoms with Gasteiger partial charge in [0.25, 0.3) is 5.91 Å². The monoisotopic (exact) mass is 404 g/mol. The summed E-state index contributed by atoms with van der Waals surface area (Å²) in [4.78, 5) is 26.2. The van der Waals surface area contributed by atoms with Gasteiger partial charge in [0.15, 0.2) is 11.5 Å². The maximum absolute atomic E-state index is 12.5. The van der Waals surface area contributed by atoms with E-state index >= 15 is 0 Å². The number of cyclic esters (lactones) is 1. The normalized spacial score (nSPS) is 17.4. The molecule has 28 heavy (non-hydrogen) atoms. The van der Waals surface area contributed by atoms with Crippen LogP contribution in [-0.4, -0.2) is 45.1 Å². The first-order valence-electron chi connectivity index (χ1n) is 8.54. The second-order valence-electron chi connectivity index (χ2n) is 6.21. The van der Waals surface area contributed by atoms with Crippen LogP contribution in [0.2, 0.25) is 5.02 Å². The van der Waals surface area contributed by atoms with Gasteiger partial charge in [-0.05, 0) is 30.3 Å². The molecule has 2 amide bonds. The van der Waals surface area contributed by atoms with Crippen LogP contribution in [-0.2, 0) is 4.74 Å². The molecule has 2 aromatic rings. The molecule has 1 fully saturated rings. The number of methoxy groups -OCH3 is 1. The minimum absolute atomic E-state index is 0.154. The SMILES string of the molecule is COc1ccc(Cl)cc1C(=O)NCC1CN(c2ccc3c(c2)OCO3)C(=O)O1. The molecule has 0 radical (unpaired) electrons. The third-order valence-electron chi connectivity index (χ3n) is 4.44. The van der Waals surface area contributed by atoms with E-state index < -0.39 is 12.2 Å². The number of hydrogen-bond donors (Lipinski definition) is 1. The fourth-order valence-electron chi connectivity index (χ4n) is 3.05. The lowest BCUT2D eigenvalue weighted by molar-refractivity contribution is 0.0913. The Kier molecular flexibility index (Phi) is 4.87. The number of amides is 2. The van der Waals surface area contributed by atoms with Gasteiger partial charge in [0.05, 0.1) is 31.5 Å². The zero-order chi connectivity index (χ0) is 19.7. The van der Waals surface area contributed by atoms with Crippen molar-refractivity contribution in [3.63, 3.8) is 0 Å². The first-order chi connectivity index (χ1) is 13.5. The van der Waals surface area contributed by atoms with Crippen LogP contribution in [0.15, 0.2) is 36.4 Å². The highest BCUT2D eigenvalue weighted by Gasteiger charge is 2.33. The summed E-state index contributed by atoms with van der Waals surface area (Å²) < 4.78 is 21.2. The Bertz CT molecular complexity index is 935. The zero-order valence-electron chi connectivity index (χ0n) is 14.9. The molecule has 0 aromatic heterocycles. The molecular weight excluding hydrogens is 388 g/mol. The van der Waals surface area contributed by atoms with Crippen LogP contribution in [0.5, 0.6) is 17.2 Å². The van der Waals surface area contributed by atoms with Gasteiger partial charge in [0.2, 0.25) is 6.79 Å². The van der Waals surface area contributed by atoms with Crippen LogP contribution in [0.1, 0.15) is 10.4 Å². The highest BCUT2D eigenvalue weighted by atomic mass is 35.5. The third-order valence-corrected chi connectivity index (χ3v) is 4.67. The van der Waals surface area contributed by atoms with Crippen molar-refractivity contribution in [3.05, 3.63) is 47.0 Å². The molecule has 1 N–H and O–H groups in total. The fourth-order valence-corrected chi connectivity index (χ4v) is 3.22. The van der Waals surface area contributed by atoms with Crippen LogP contribution in [0.3, 0.4) is 0 Å². The van der Waals surface area contributed by atoms with Crippen molar-refractivity contribution in [2.45, 2.75) is 6.10 Å². The van der Waals surface area contributed by atoms with Gasteiger partial charge >= 0.3 is 6.09 Å². The Labute approximate surface area is 165 Å². The van der Waals surface area contributed by atoms with E-state index in [0.29, 0.717) is 40.1 Å². The van der Waals surface area contributed by atoms with E-state index in [9.17, 15) is 9.59 Å².